The van der Waals surface area contributed by atoms with Crippen molar-refractivity contribution in [2.75, 3.05) is 17.2 Å². The summed E-state index contributed by atoms with van der Waals surface area (Å²) in [6.07, 6.45) is 2.55. The van der Waals surface area contributed by atoms with Gasteiger partial charge in [-0.05, 0) is 31.5 Å². The predicted octanol–water partition coefficient (Wildman–Crippen LogP) is 2.66. The number of carbonyl (C=O) groups is 1. The number of aromatic nitrogens is 4. The Bertz CT molecular complexity index is 1100. The summed E-state index contributed by atoms with van der Waals surface area (Å²) in [6, 6.07) is 10.7. The van der Waals surface area contributed by atoms with E-state index in [1.807, 2.05) is 0 Å². The Labute approximate surface area is 172 Å². The Morgan fingerprint density at radius 1 is 1.27 bits per heavy atom. The molecule has 0 aliphatic carbocycles. The number of halogens is 1. The molecule has 1 aliphatic heterocycles. The summed E-state index contributed by atoms with van der Waals surface area (Å²) in [5.74, 6) is 0.460. The number of amides is 1. The maximum atomic E-state index is 14.8. The van der Waals surface area contributed by atoms with Gasteiger partial charge in [0.25, 0.3) is 5.91 Å². The van der Waals surface area contributed by atoms with Gasteiger partial charge in [-0.1, -0.05) is 24.3 Å². The van der Waals surface area contributed by atoms with E-state index < -0.39 is 17.8 Å². The fourth-order valence-electron chi connectivity index (χ4n) is 3.44. The SMILES string of the molecule is CC1=C(C(=O)Nc2ccccn2)C(c2ccccc2F)n2nc(CCCO)nc2N1. The molecule has 154 valence electrons. The van der Waals surface area contributed by atoms with Crippen molar-refractivity contribution in [1.29, 1.82) is 0 Å². The first-order valence-corrected chi connectivity index (χ1v) is 9.59. The van der Waals surface area contributed by atoms with Gasteiger partial charge >= 0.3 is 0 Å². The Balaban J connectivity index is 1.78. The van der Waals surface area contributed by atoms with Gasteiger partial charge in [-0.2, -0.15) is 10.1 Å². The summed E-state index contributed by atoms with van der Waals surface area (Å²) < 4.78 is 16.3. The number of carbonyl (C=O) groups excluding carboxylic acids is 1. The maximum Gasteiger partial charge on any atom is 0.257 e. The second-order valence-corrected chi connectivity index (χ2v) is 6.88. The molecule has 2 aromatic heterocycles. The summed E-state index contributed by atoms with van der Waals surface area (Å²) in [4.78, 5) is 21.8. The van der Waals surface area contributed by atoms with E-state index >= 15 is 0 Å². The third-order valence-corrected chi connectivity index (χ3v) is 4.81. The molecule has 1 atom stereocenters. The van der Waals surface area contributed by atoms with E-state index in [1.165, 1.54) is 10.7 Å². The van der Waals surface area contributed by atoms with Gasteiger partial charge in [0.05, 0.1) is 5.57 Å². The zero-order valence-electron chi connectivity index (χ0n) is 16.3. The fraction of sp³-hybridized carbons (Fsp3) is 0.238. The van der Waals surface area contributed by atoms with Crippen LogP contribution < -0.4 is 10.6 Å². The van der Waals surface area contributed by atoms with Crippen molar-refractivity contribution < 1.29 is 14.3 Å². The quantitative estimate of drug-likeness (QED) is 0.579. The molecular weight excluding hydrogens is 387 g/mol. The van der Waals surface area contributed by atoms with Crippen molar-refractivity contribution in [3.8, 4) is 0 Å². The topological polar surface area (TPSA) is 105 Å². The van der Waals surface area contributed by atoms with Gasteiger partial charge in [0.15, 0.2) is 5.82 Å². The molecule has 3 heterocycles. The molecule has 0 spiro atoms. The van der Waals surface area contributed by atoms with Crippen LogP contribution >= 0.6 is 0 Å². The normalized spacial score (nSPS) is 15.5. The molecule has 0 saturated carbocycles. The lowest BCUT2D eigenvalue weighted by molar-refractivity contribution is -0.113. The van der Waals surface area contributed by atoms with E-state index in [4.69, 9.17) is 5.11 Å². The highest BCUT2D eigenvalue weighted by atomic mass is 19.1. The minimum absolute atomic E-state index is 0.0169. The molecule has 4 rings (SSSR count). The molecule has 30 heavy (non-hydrogen) atoms. The van der Waals surface area contributed by atoms with E-state index in [0.717, 1.165) is 0 Å². The van der Waals surface area contributed by atoms with Crippen molar-refractivity contribution in [2.45, 2.75) is 25.8 Å². The summed E-state index contributed by atoms with van der Waals surface area (Å²) >= 11 is 0. The molecule has 1 aromatic carbocycles. The Kier molecular flexibility index (Phi) is 5.53. The number of rotatable bonds is 6. The van der Waals surface area contributed by atoms with Crippen molar-refractivity contribution in [3.05, 3.63) is 77.1 Å². The lowest BCUT2D eigenvalue weighted by atomic mass is 9.94. The number of benzene rings is 1. The molecule has 0 radical (unpaired) electrons. The van der Waals surface area contributed by atoms with Gasteiger partial charge in [0.2, 0.25) is 5.95 Å². The van der Waals surface area contributed by atoms with E-state index in [1.54, 1.807) is 49.5 Å². The van der Waals surface area contributed by atoms with Gasteiger partial charge in [-0.25, -0.2) is 14.1 Å². The highest BCUT2D eigenvalue weighted by Crippen LogP contribution is 2.36. The number of nitrogens with one attached hydrogen (secondary N) is 2. The molecule has 9 heteroatoms. The van der Waals surface area contributed by atoms with Crippen molar-refractivity contribution in [2.24, 2.45) is 0 Å². The van der Waals surface area contributed by atoms with Crippen LogP contribution in [0.4, 0.5) is 16.2 Å². The van der Waals surface area contributed by atoms with Gasteiger partial charge in [-0.3, -0.25) is 4.79 Å². The maximum absolute atomic E-state index is 14.8. The largest absolute Gasteiger partial charge is 0.396 e. The Hall–Kier alpha value is -3.59. The molecule has 8 nitrogen and oxygen atoms in total. The summed E-state index contributed by atoms with van der Waals surface area (Å²) in [5.41, 5.74) is 1.17. The molecule has 0 bridgehead atoms. The Morgan fingerprint density at radius 2 is 2.07 bits per heavy atom. The first kappa shape index (κ1) is 19.7. The number of nitrogens with zero attached hydrogens (tertiary/aromatic N) is 4. The minimum Gasteiger partial charge on any atom is -0.396 e. The third-order valence-electron chi connectivity index (χ3n) is 4.81. The first-order valence-electron chi connectivity index (χ1n) is 9.59. The van der Waals surface area contributed by atoms with Crippen molar-refractivity contribution in [1.82, 2.24) is 19.7 Å². The van der Waals surface area contributed by atoms with E-state index in [0.29, 0.717) is 47.3 Å². The molecule has 1 unspecified atom stereocenters. The highest BCUT2D eigenvalue weighted by molar-refractivity contribution is 6.05. The van der Waals surface area contributed by atoms with Crippen LogP contribution in [0.2, 0.25) is 0 Å². The average Bonchev–Trinajstić information content (AvgIpc) is 3.14. The van der Waals surface area contributed by atoms with E-state index in [9.17, 15) is 9.18 Å². The molecule has 0 fully saturated rings. The van der Waals surface area contributed by atoms with Crippen LogP contribution in [0, 0.1) is 5.82 Å². The number of hydrogen-bond donors (Lipinski definition) is 3. The van der Waals surface area contributed by atoms with Gasteiger partial charge in [-0.15, -0.1) is 0 Å². The summed E-state index contributed by atoms with van der Waals surface area (Å²) in [6.45, 7) is 1.76. The predicted molar refractivity (Wildman–Crippen MR) is 109 cm³/mol. The van der Waals surface area contributed by atoms with Crippen LogP contribution in [0.3, 0.4) is 0 Å². The van der Waals surface area contributed by atoms with Crippen LogP contribution in [0.25, 0.3) is 0 Å². The van der Waals surface area contributed by atoms with Crippen LogP contribution in [0.1, 0.15) is 30.8 Å². The molecule has 3 N–H and O–H groups in total. The van der Waals surface area contributed by atoms with Gasteiger partial charge < -0.3 is 15.7 Å². The summed E-state index contributed by atoms with van der Waals surface area (Å²) in [5, 5.41) is 19.5. The van der Waals surface area contributed by atoms with Gasteiger partial charge in [0, 0.05) is 30.5 Å². The van der Waals surface area contributed by atoms with Crippen molar-refractivity contribution >= 4 is 17.7 Å². The molecule has 3 aromatic rings. The minimum atomic E-state index is -0.804. The zero-order valence-corrected chi connectivity index (χ0v) is 16.3. The zero-order chi connectivity index (χ0) is 21.1. The second-order valence-electron chi connectivity index (χ2n) is 6.88. The van der Waals surface area contributed by atoms with Crippen LogP contribution in [0.15, 0.2) is 59.9 Å². The number of pyridine rings is 1. The van der Waals surface area contributed by atoms with E-state index in [2.05, 4.69) is 25.7 Å². The highest BCUT2D eigenvalue weighted by Gasteiger charge is 2.35. The molecule has 0 saturated heterocycles. The smallest absolute Gasteiger partial charge is 0.257 e. The van der Waals surface area contributed by atoms with Crippen LogP contribution in [-0.4, -0.2) is 37.4 Å². The molecule has 1 amide bonds. The average molecular weight is 408 g/mol. The first-order chi connectivity index (χ1) is 14.6. The molecule has 1 aliphatic rings. The van der Waals surface area contributed by atoms with E-state index in [-0.39, 0.29) is 6.61 Å². The van der Waals surface area contributed by atoms with Crippen molar-refractivity contribution in [3.63, 3.8) is 0 Å². The lowest BCUT2D eigenvalue weighted by Gasteiger charge is -2.28. The number of aliphatic hydroxyl groups is 1. The standard InChI is InChI=1S/C21H21FN6O2/c1-13-18(20(30)25-16-9-4-5-11-23-16)19(14-7-2-3-8-15(14)22)28-21(24-13)26-17(27-28)10-6-12-29/h2-5,7-9,11,19,29H,6,10,12H2,1H3,(H,23,25,30)(H,24,26,27). The van der Waals surface area contributed by atoms with Crippen LogP contribution in [0.5, 0.6) is 0 Å². The Morgan fingerprint density at radius 3 is 2.80 bits per heavy atom. The number of anilines is 2. The number of allylic oxidation sites excluding steroid dienone is 1. The number of aryl methyl sites for hydroxylation is 1. The molecular formula is C21H21FN6O2. The summed E-state index contributed by atoms with van der Waals surface area (Å²) in [7, 11) is 0. The monoisotopic (exact) mass is 408 g/mol. The third kappa shape index (κ3) is 3.79. The fourth-order valence-corrected chi connectivity index (χ4v) is 3.44. The number of aliphatic hydroxyl groups excluding tert-OH is 1. The van der Waals surface area contributed by atoms with Crippen LogP contribution in [-0.2, 0) is 11.2 Å². The van der Waals surface area contributed by atoms with Gasteiger partial charge in [0.1, 0.15) is 17.7 Å². The lowest BCUT2D eigenvalue weighted by Crippen LogP contribution is -2.32. The number of fused-ring (bicyclic) bond motifs is 1. The second kappa shape index (κ2) is 8.42. The number of hydrogen-bond acceptors (Lipinski definition) is 6.